The van der Waals surface area contributed by atoms with Gasteiger partial charge in [-0.05, 0) is 105 Å². The van der Waals surface area contributed by atoms with E-state index in [4.69, 9.17) is 4.74 Å². The zero-order valence-electron chi connectivity index (χ0n) is 23.6. The normalized spacial score (nSPS) is 16.8. The van der Waals surface area contributed by atoms with Gasteiger partial charge in [0.05, 0.1) is 22.9 Å². The van der Waals surface area contributed by atoms with Crippen LogP contribution in [0.15, 0.2) is 41.0 Å². The second kappa shape index (κ2) is 11.9. The van der Waals surface area contributed by atoms with Crippen LogP contribution < -0.4 is 20.3 Å². The van der Waals surface area contributed by atoms with Crippen LogP contribution in [0.25, 0.3) is 0 Å². The number of benzene rings is 2. The van der Waals surface area contributed by atoms with E-state index in [0.29, 0.717) is 33.5 Å². The third-order valence-corrected chi connectivity index (χ3v) is 8.45. The number of anilines is 5. The average molecular weight is 614 g/mol. The van der Waals surface area contributed by atoms with E-state index < -0.39 is 11.4 Å². The van der Waals surface area contributed by atoms with Crippen LogP contribution in [0.5, 0.6) is 5.75 Å². The molecule has 3 aromatic rings. The lowest BCUT2D eigenvalue weighted by molar-refractivity contribution is 0.0790. The number of aryl methyl sites for hydroxylation is 1. The summed E-state index contributed by atoms with van der Waals surface area (Å²) in [5.74, 6) is 1.26. The highest BCUT2D eigenvalue weighted by Gasteiger charge is 2.28. The van der Waals surface area contributed by atoms with E-state index in [1.54, 1.807) is 33.2 Å². The Bertz CT molecular complexity index is 1350. The Morgan fingerprint density at radius 2 is 1.77 bits per heavy atom. The van der Waals surface area contributed by atoms with E-state index in [1.165, 1.54) is 50.9 Å². The van der Waals surface area contributed by atoms with Gasteiger partial charge in [-0.15, -0.1) is 0 Å². The standard InChI is InChI=1S/C30H38BrFN6O2/c1-19-15-26(38-13-9-21(10-14-38)37-11-5-6-12-37)27(40-4)17-25(19)35-29-33-18-23(31)28(36-29)34-24-8-7-20(32)16-22(24)30(2,3)39/h7-8,15-18,21,39H,5-6,9-14H2,1-4H3,(H2,33,34,35,36). The summed E-state index contributed by atoms with van der Waals surface area (Å²) in [5.41, 5.74) is 2.74. The summed E-state index contributed by atoms with van der Waals surface area (Å²) in [4.78, 5) is 14.2. The van der Waals surface area contributed by atoms with Gasteiger partial charge in [-0.3, -0.25) is 0 Å². The summed E-state index contributed by atoms with van der Waals surface area (Å²) in [6.07, 6.45) is 6.66. The number of rotatable bonds is 8. The number of likely N-dealkylation sites (tertiary alicyclic amines) is 1. The van der Waals surface area contributed by atoms with Crippen LogP contribution in [0.1, 0.15) is 50.7 Å². The minimum Gasteiger partial charge on any atom is -0.495 e. The molecule has 0 amide bonds. The van der Waals surface area contributed by atoms with Gasteiger partial charge in [0.1, 0.15) is 17.4 Å². The molecule has 2 aromatic carbocycles. The maximum Gasteiger partial charge on any atom is 0.229 e. The number of nitrogens with zero attached hydrogens (tertiary/aromatic N) is 4. The zero-order valence-corrected chi connectivity index (χ0v) is 25.2. The highest BCUT2D eigenvalue weighted by Crippen LogP contribution is 2.38. The topological polar surface area (TPSA) is 85.8 Å². The third-order valence-electron chi connectivity index (χ3n) is 7.87. The number of piperidine rings is 1. The van der Waals surface area contributed by atoms with Crippen molar-refractivity contribution in [2.24, 2.45) is 0 Å². The molecule has 1 aromatic heterocycles. The fourth-order valence-electron chi connectivity index (χ4n) is 5.69. The molecule has 2 aliphatic rings. The number of nitrogens with one attached hydrogen (secondary N) is 2. The van der Waals surface area contributed by atoms with Gasteiger partial charge in [0.2, 0.25) is 5.95 Å². The molecule has 8 nitrogen and oxygen atoms in total. The molecular formula is C30H38BrFN6O2. The van der Waals surface area contributed by atoms with Crippen LogP contribution in [0.3, 0.4) is 0 Å². The van der Waals surface area contributed by atoms with E-state index in [1.807, 2.05) is 6.07 Å². The average Bonchev–Trinajstić information content (AvgIpc) is 3.47. The van der Waals surface area contributed by atoms with Gasteiger partial charge in [-0.2, -0.15) is 4.98 Å². The Balaban J connectivity index is 1.34. The Morgan fingerprint density at radius 3 is 2.45 bits per heavy atom. The van der Waals surface area contributed by atoms with Gasteiger partial charge in [-0.25, -0.2) is 9.37 Å². The van der Waals surface area contributed by atoms with E-state index in [-0.39, 0.29) is 0 Å². The third kappa shape index (κ3) is 6.34. The molecule has 0 radical (unpaired) electrons. The lowest BCUT2D eigenvalue weighted by atomic mass is 9.96. The lowest BCUT2D eigenvalue weighted by Gasteiger charge is -2.38. The molecule has 0 saturated carbocycles. The molecule has 2 saturated heterocycles. The van der Waals surface area contributed by atoms with Crippen molar-refractivity contribution in [2.75, 3.05) is 48.8 Å². The minimum atomic E-state index is -1.25. The van der Waals surface area contributed by atoms with Crippen molar-refractivity contribution in [3.63, 3.8) is 0 Å². The van der Waals surface area contributed by atoms with Crippen molar-refractivity contribution in [3.8, 4) is 5.75 Å². The van der Waals surface area contributed by atoms with Crippen LogP contribution in [0.4, 0.5) is 33.2 Å². The van der Waals surface area contributed by atoms with E-state index >= 15 is 0 Å². The Morgan fingerprint density at radius 1 is 1.05 bits per heavy atom. The van der Waals surface area contributed by atoms with Gasteiger partial charge in [0.15, 0.2) is 0 Å². The minimum absolute atomic E-state index is 0.391. The fraction of sp³-hybridized carbons (Fsp3) is 0.467. The van der Waals surface area contributed by atoms with E-state index in [9.17, 15) is 9.50 Å². The van der Waals surface area contributed by atoms with Crippen molar-refractivity contribution in [1.82, 2.24) is 14.9 Å². The number of hydrogen-bond acceptors (Lipinski definition) is 8. The summed E-state index contributed by atoms with van der Waals surface area (Å²) in [5, 5.41) is 17.1. The molecule has 2 fully saturated rings. The maximum absolute atomic E-state index is 13.9. The first-order chi connectivity index (χ1) is 19.1. The molecule has 0 atom stereocenters. The molecule has 10 heteroatoms. The van der Waals surface area contributed by atoms with Crippen LogP contribution in [0.2, 0.25) is 0 Å². The van der Waals surface area contributed by atoms with Crippen LogP contribution in [-0.2, 0) is 5.60 Å². The Kier molecular flexibility index (Phi) is 8.49. The zero-order chi connectivity index (χ0) is 28.4. The van der Waals surface area contributed by atoms with E-state index in [2.05, 4.69) is 59.3 Å². The summed E-state index contributed by atoms with van der Waals surface area (Å²) < 4.78 is 20.4. The molecule has 3 N–H and O–H groups in total. The molecule has 0 spiro atoms. The van der Waals surface area contributed by atoms with Gasteiger partial charge < -0.3 is 30.3 Å². The van der Waals surface area contributed by atoms with Crippen LogP contribution in [-0.4, -0.2) is 59.3 Å². The van der Waals surface area contributed by atoms with E-state index in [0.717, 1.165) is 35.8 Å². The summed E-state index contributed by atoms with van der Waals surface area (Å²) >= 11 is 3.50. The Hall–Kier alpha value is -2.95. The molecule has 214 valence electrons. The number of aliphatic hydroxyl groups is 1. The monoisotopic (exact) mass is 612 g/mol. The highest BCUT2D eigenvalue weighted by molar-refractivity contribution is 9.10. The molecule has 40 heavy (non-hydrogen) atoms. The first-order valence-corrected chi connectivity index (χ1v) is 14.7. The number of aromatic nitrogens is 2. The smallest absolute Gasteiger partial charge is 0.229 e. The predicted octanol–water partition coefficient (Wildman–Crippen LogP) is 6.47. The molecule has 0 aliphatic carbocycles. The van der Waals surface area contributed by atoms with Crippen molar-refractivity contribution in [2.45, 2.75) is 58.1 Å². The molecular weight excluding hydrogens is 575 g/mol. The summed E-state index contributed by atoms with van der Waals surface area (Å²) in [7, 11) is 1.70. The van der Waals surface area contributed by atoms with Crippen LogP contribution in [0, 0.1) is 12.7 Å². The van der Waals surface area contributed by atoms with Crippen molar-refractivity contribution in [3.05, 3.63) is 57.9 Å². The van der Waals surface area contributed by atoms with Gasteiger partial charge in [0, 0.05) is 48.3 Å². The fourth-order valence-corrected chi connectivity index (χ4v) is 5.98. The maximum atomic E-state index is 13.9. The predicted molar refractivity (Wildman–Crippen MR) is 162 cm³/mol. The van der Waals surface area contributed by atoms with Gasteiger partial charge in [-0.1, -0.05) is 0 Å². The molecule has 0 bridgehead atoms. The first kappa shape index (κ1) is 28.6. The molecule has 2 aliphatic heterocycles. The molecule has 5 rings (SSSR count). The van der Waals surface area contributed by atoms with Crippen molar-refractivity contribution < 1.29 is 14.2 Å². The van der Waals surface area contributed by atoms with Gasteiger partial charge >= 0.3 is 0 Å². The number of hydrogen-bond donors (Lipinski definition) is 3. The second-order valence-corrected chi connectivity index (χ2v) is 12.0. The first-order valence-electron chi connectivity index (χ1n) is 13.9. The highest BCUT2D eigenvalue weighted by atomic mass is 79.9. The quantitative estimate of drug-likeness (QED) is 0.267. The van der Waals surface area contributed by atoms with Crippen molar-refractivity contribution in [1.29, 1.82) is 0 Å². The number of halogens is 2. The SMILES string of the molecule is COc1cc(Nc2ncc(Br)c(Nc3ccc(F)cc3C(C)(C)O)n2)c(C)cc1N1CCC(N2CCCC2)CC1. The van der Waals surface area contributed by atoms with Crippen LogP contribution >= 0.6 is 15.9 Å². The van der Waals surface area contributed by atoms with Gasteiger partial charge in [0.25, 0.3) is 0 Å². The number of methoxy groups -OCH3 is 1. The number of ether oxygens (including phenoxy) is 1. The second-order valence-electron chi connectivity index (χ2n) is 11.2. The molecule has 3 heterocycles. The largest absolute Gasteiger partial charge is 0.495 e. The summed E-state index contributed by atoms with van der Waals surface area (Å²) in [6.45, 7) is 9.82. The Labute approximate surface area is 244 Å². The summed E-state index contributed by atoms with van der Waals surface area (Å²) in [6, 6.07) is 9.12. The lowest BCUT2D eigenvalue weighted by Crippen LogP contribution is -2.44. The molecule has 0 unspecified atom stereocenters. The van der Waals surface area contributed by atoms with Crippen molar-refractivity contribution >= 4 is 44.8 Å².